The Labute approximate surface area is 171 Å². The molecular weight excluding hydrogens is 394 g/mol. The van der Waals surface area contributed by atoms with Gasteiger partial charge >= 0.3 is 5.97 Å². The predicted octanol–water partition coefficient (Wildman–Crippen LogP) is 5.69. The van der Waals surface area contributed by atoms with Crippen LogP contribution >= 0.6 is 22.7 Å². The van der Waals surface area contributed by atoms with E-state index in [1.54, 1.807) is 19.9 Å². The summed E-state index contributed by atoms with van der Waals surface area (Å²) in [7, 11) is 0. The van der Waals surface area contributed by atoms with E-state index in [1.165, 1.54) is 22.7 Å². The third kappa shape index (κ3) is 4.61. The van der Waals surface area contributed by atoms with E-state index in [0.717, 1.165) is 16.9 Å². The lowest BCUT2D eigenvalue weighted by atomic mass is 10.0. The molecule has 0 atom stereocenters. The van der Waals surface area contributed by atoms with Gasteiger partial charge in [-0.25, -0.2) is 4.79 Å². The average Bonchev–Trinajstić information content (AvgIpc) is 3.32. The number of carbonyl (C=O) groups is 2. The zero-order valence-corrected chi connectivity index (χ0v) is 17.5. The van der Waals surface area contributed by atoms with E-state index in [-0.39, 0.29) is 12.0 Å². The van der Waals surface area contributed by atoms with E-state index in [0.29, 0.717) is 22.0 Å². The van der Waals surface area contributed by atoms with Crippen molar-refractivity contribution in [3.05, 3.63) is 57.6 Å². The van der Waals surface area contributed by atoms with Gasteiger partial charge in [0.2, 0.25) is 0 Å². The Hall–Kier alpha value is -2.64. The Morgan fingerprint density at radius 3 is 2.46 bits per heavy atom. The lowest BCUT2D eigenvalue weighted by molar-refractivity contribution is 0.0380. The van der Waals surface area contributed by atoms with Crippen LogP contribution in [0.3, 0.4) is 0 Å². The first-order valence-corrected chi connectivity index (χ1v) is 10.7. The van der Waals surface area contributed by atoms with Gasteiger partial charge in [0.15, 0.2) is 0 Å². The molecule has 0 saturated carbocycles. The lowest BCUT2D eigenvalue weighted by Crippen LogP contribution is -2.16. The summed E-state index contributed by atoms with van der Waals surface area (Å²) < 4.78 is 10.9. The van der Waals surface area contributed by atoms with E-state index in [2.05, 4.69) is 5.32 Å². The van der Waals surface area contributed by atoms with Crippen LogP contribution in [-0.4, -0.2) is 24.6 Å². The molecule has 0 fully saturated rings. The SMILES string of the molecule is CCOc1ccc(-c2csc(NC(=O)c3cccs3)c2C(=O)OC(C)C)cc1. The van der Waals surface area contributed by atoms with E-state index in [4.69, 9.17) is 9.47 Å². The number of ether oxygens (including phenoxy) is 2. The molecule has 3 rings (SSSR count). The highest BCUT2D eigenvalue weighted by Crippen LogP contribution is 2.37. The van der Waals surface area contributed by atoms with Crippen molar-refractivity contribution in [1.29, 1.82) is 0 Å². The number of benzene rings is 1. The maximum absolute atomic E-state index is 12.8. The van der Waals surface area contributed by atoms with Crippen LogP contribution in [0.2, 0.25) is 0 Å². The van der Waals surface area contributed by atoms with E-state index < -0.39 is 5.97 Å². The van der Waals surface area contributed by atoms with E-state index >= 15 is 0 Å². The Balaban J connectivity index is 1.96. The van der Waals surface area contributed by atoms with Crippen molar-refractivity contribution in [3.8, 4) is 16.9 Å². The predicted molar refractivity (Wildman–Crippen MR) is 114 cm³/mol. The van der Waals surface area contributed by atoms with Gasteiger partial charge in [-0.15, -0.1) is 22.7 Å². The maximum Gasteiger partial charge on any atom is 0.342 e. The second-order valence-electron chi connectivity index (χ2n) is 6.20. The minimum Gasteiger partial charge on any atom is -0.494 e. The average molecular weight is 416 g/mol. The fourth-order valence-electron chi connectivity index (χ4n) is 2.61. The molecule has 0 unspecified atom stereocenters. The van der Waals surface area contributed by atoms with Crippen molar-refractivity contribution in [2.45, 2.75) is 26.9 Å². The number of hydrogen-bond acceptors (Lipinski definition) is 6. The first-order valence-electron chi connectivity index (χ1n) is 8.90. The lowest BCUT2D eigenvalue weighted by Gasteiger charge is -2.12. The molecule has 3 aromatic rings. The van der Waals surface area contributed by atoms with Gasteiger partial charge in [0.05, 0.1) is 17.6 Å². The molecule has 0 saturated heterocycles. The molecule has 146 valence electrons. The van der Waals surface area contributed by atoms with Crippen LogP contribution in [0.1, 0.15) is 40.8 Å². The molecule has 2 heterocycles. The van der Waals surface area contributed by atoms with Gasteiger partial charge in [-0.2, -0.15) is 0 Å². The number of thiophene rings is 2. The minimum atomic E-state index is -0.457. The van der Waals surface area contributed by atoms with Crippen molar-refractivity contribution in [2.75, 3.05) is 11.9 Å². The van der Waals surface area contributed by atoms with Crippen molar-refractivity contribution in [1.82, 2.24) is 0 Å². The number of amides is 1. The summed E-state index contributed by atoms with van der Waals surface area (Å²) in [5.41, 5.74) is 1.94. The molecule has 0 aliphatic carbocycles. The normalized spacial score (nSPS) is 10.7. The summed E-state index contributed by atoms with van der Waals surface area (Å²) in [6.07, 6.45) is -0.263. The smallest absolute Gasteiger partial charge is 0.342 e. The molecule has 0 aliphatic rings. The van der Waals surface area contributed by atoms with Gasteiger partial charge < -0.3 is 14.8 Å². The highest BCUT2D eigenvalue weighted by molar-refractivity contribution is 7.15. The van der Waals surface area contributed by atoms with E-state index in [9.17, 15) is 9.59 Å². The number of carbonyl (C=O) groups excluding carboxylic acids is 2. The Morgan fingerprint density at radius 1 is 1.11 bits per heavy atom. The Bertz CT molecular complexity index is 943. The van der Waals surface area contributed by atoms with Gasteiger partial charge in [0, 0.05) is 10.9 Å². The molecule has 2 aromatic heterocycles. The molecule has 0 radical (unpaired) electrons. The van der Waals surface area contributed by atoms with Gasteiger partial charge in [0.25, 0.3) is 5.91 Å². The Kier molecular flexibility index (Phi) is 6.49. The molecule has 1 aromatic carbocycles. The second-order valence-corrected chi connectivity index (χ2v) is 8.02. The zero-order chi connectivity index (χ0) is 20.1. The topological polar surface area (TPSA) is 64.6 Å². The number of rotatable bonds is 7. The molecule has 0 aliphatic heterocycles. The zero-order valence-electron chi connectivity index (χ0n) is 15.9. The van der Waals surface area contributed by atoms with Crippen LogP contribution < -0.4 is 10.1 Å². The van der Waals surface area contributed by atoms with Crippen molar-refractivity contribution < 1.29 is 19.1 Å². The fourth-order valence-corrected chi connectivity index (χ4v) is 4.18. The monoisotopic (exact) mass is 415 g/mol. The quantitative estimate of drug-likeness (QED) is 0.503. The summed E-state index contributed by atoms with van der Waals surface area (Å²) in [6.45, 7) is 6.10. The van der Waals surface area contributed by atoms with Crippen LogP contribution in [0.5, 0.6) is 5.75 Å². The maximum atomic E-state index is 12.8. The van der Waals surface area contributed by atoms with Crippen LogP contribution in [0.4, 0.5) is 5.00 Å². The van der Waals surface area contributed by atoms with Crippen LogP contribution in [0.15, 0.2) is 47.2 Å². The number of nitrogens with one attached hydrogen (secondary N) is 1. The van der Waals surface area contributed by atoms with Crippen LogP contribution in [0, 0.1) is 0 Å². The molecule has 28 heavy (non-hydrogen) atoms. The van der Waals surface area contributed by atoms with Crippen LogP contribution in [0.25, 0.3) is 11.1 Å². The molecule has 0 spiro atoms. The van der Waals surface area contributed by atoms with Gasteiger partial charge in [-0.05, 0) is 49.9 Å². The van der Waals surface area contributed by atoms with Crippen molar-refractivity contribution in [3.63, 3.8) is 0 Å². The van der Waals surface area contributed by atoms with Crippen LogP contribution in [-0.2, 0) is 4.74 Å². The molecule has 5 nitrogen and oxygen atoms in total. The minimum absolute atomic E-state index is 0.242. The van der Waals surface area contributed by atoms with Crippen molar-refractivity contribution >= 4 is 39.6 Å². The summed E-state index contributed by atoms with van der Waals surface area (Å²) >= 11 is 2.65. The number of anilines is 1. The molecule has 1 amide bonds. The summed E-state index contributed by atoms with van der Waals surface area (Å²) in [5, 5.41) is 7.03. The van der Waals surface area contributed by atoms with Crippen molar-refractivity contribution in [2.24, 2.45) is 0 Å². The third-order valence-electron chi connectivity index (χ3n) is 3.79. The van der Waals surface area contributed by atoms with E-state index in [1.807, 2.05) is 48.0 Å². The molecule has 0 bridgehead atoms. The highest BCUT2D eigenvalue weighted by Gasteiger charge is 2.24. The first kappa shape index (κ1) is 20.1. The standard InChI is InChI=1S/C21H21NO4S2/c1-4-25-15-9-7-14(8-10-15)16-12-28-20(18(16)21(24)26-13(2)3)22-19(23)17-6-5-11-27-17/h5-13H,4H2,1-3H3,(H,22,23). The van der Waals surface area contributed by atoms with Gasteiger partial charge in [0.1, 0.15) is 16.3 Å². The summed E-state index contributed by atoms with van der Waals surface area (Å²) in [5.74, 6) is 0.0642. The molecular formula is C21H21NO4S2. The second kappa shape index (κ2) is 9.03. The Morgan fingerprint density at radius 2 is 1.86 bits per heavy atom. The molecule has 1 N–H and O–H groups in total. The van der Waals surface area contributed by atoms with Gasteiger partial charge in [-0.1, -0.05) is 18.2 Å². The molecule has 7 heteroatoms. The largest absolute Gasteiger partial charge is 0.494 e. The first-order chi connectivity index (χ1) is 13.5. The third-order valence-corrected chi connectivity index (χ3v) is 5.55. The summed E-state index contributed by atoms with van der Waals surface area (Å²) in [6, 6.07) is 11.1. The number of esters is 1. The summed E-state index contributed by atoms with van der Waals surface area (Å²) in [4.78, 5) is 25.8. The highest BCUT2D eigenvalue weighted by atomic mass is 32.1. The number of hydrogen-bond donors (Lipinski definition) is 1. The fraction of sp³-hybridized carbons (Fsp3) is 0.238. The van der Waals surface area contributed by atoms with Gasteiger partial charge in [-0.3, -0.25) is 4.79 Å².